The normalized spacial score (nSPS) is 33.6. The number of hydrogen-bond acceptors (Lipinski definition) is 4. The number of fused-ring (bicyclic) bond motifs is 2. The molecule has 2 aliphatic heterocycles. The predicted molar refractivity (Wildman–Crippen MR) is 111 cm³/mol. The fraction of sp³-hybridized carbons (Fsp3) is 0.950. The number of rotatable bonds is 5. The Morgan fingerprint density at radius 3 is 2.50 bits per heavy atom. The quantitative estimate of drug-likeness (QED) is 0.531. The molecule has 0 aromatic carbocycles. The molecule has 4 aliphatic rings. The zero-order valence-corrected chi connectivity index (χ0v) is 18.1. The molecule has 160 valence electrons. The molecule has 3 atom stereocenters. The van der Waals surface area contributed by atoms with Crippen molar-refractivity contribution in [1.82, 2.24) is 14.9 Å². The fourth-order valence-electron chi connectivity index (χ4n) is 6.00. The third-order valence-corrected chi connectivity index (χ3v) is 9.33. The lowest BCUT2D eigenvalue weighted by molar-refractivity contribution is -0.125. The molecule has 2 N–H and O–H groups in total. The molecule has 1 spiro atoms. The van der Waals surface area contributed by atoms with Crippen LogP contribution < -0.4 is 10.6 Å². The minimum absolute atomic E-state index is 0.184. The van der Waals surface area contributed by atoms with Crippen molar-refractivity contribution in [3.63, 3.8) is 0 Å². The number of hydrogen-bond donors (Lipinski definition) is 2. The second-order valence-electron chi connectivity index (χ2n) is 8.85. The third kappa shape index (κ3) is 3.56. The van der Waals surface area contributed by atoms with Gasteiger partial charge >= 0.3 is 0 Å². The van der Waals surface area contributed by atoms with Crippen LogP contribution in [0.3, 0.4) is 0 Å². The molecule has 0 aromatic heterocycles. The first kappa shape index (κ1) is 20.4. The molecule has 0 radical (unpaired) electrons. The van der Waals surface area contributed by atoms with Gasteiger partial charge in [0.1, 0.15) is 0 Å². The van der Waals surface area contributed by atoms with Crippen molar-refractivity contribution in [2.24, 2.45) is 16.3 Å². The van der Waals surface area contributed by atoms with Gasteiger partial charge in [0.05, 0.1) is 11.9 Å². The summed E-state index contributed by atoms with van der Waals surface area (Å²) in [5, 5.41) is 7.39. The molecule has 28 heavy (non-hydrogen) atoms. The number of guanidine groups is 1. The summed E-state index contributed by atoms with van der Waals surface area (Å²) >= 11 is 0. The Hall–Kier alpha value is -0.860. The van der Waals surface area contributed by atoms with Gasteiger partial charge in [-0.25, -0.2) is 12.7 Å². The summed E-state index contributed by atoms with van der Waals surface area (Å²) in [6.45, 7) is 6.61. The molecular formula is C20H36N4O3S. The molecule has 3 unspecified atom stereocenters. The molecule has 2 heterocycles. The number of ether oxygens (including phenoxy) is 1. The van der Waals surface area contributed by atoms with Gasteiger partial charge in [0.25, 0.3) is 0 Å². The monoisotopic (exact) mass is 412 g/mol. The average Bonchev–Trinajstić information content (AvgIpc) is 3.35. The summed E-state index contributed by atoms with van der Waals surface area (Å²) < 4.78 is 31.9. The molecule has 2 saturated heterocycles. The number of sulfonamides is 1. The Bertz CT molecular complexity index is 682. The topological polar surface area (TPSA) is 83.0 Å². The molecule has 0 aromatic rings. The van der Waals surface area contributed by atoms with Gasteiger partial charge in [-0.15, -0.1) is 0 Å². The second-order valence-corrected chi connectivity index (χ2v) is 11.1. The lowest BCUT2D eigenvalue weighted by atomic mass is 9.54. The maximum absolute atomic E-state index is 12.1. The van der Waals surface area contributed by atoms with Crippen LogP contribution in [0.25, 0.3) is 0 Å². The molecule has 2 aliphatic carbocycles. The Morgan fingerprint density at radius 1 is 1.14 bits per heavy atom. The van der Waals surface area contributed by atoms with Crippen LogP contribution in [0.1, 0.15) is 58.8 Å². The molecule has 4 rings (SSSR count). The van der Waals surface area contributed by atoms with Gasteiger partial charge < -0.3 is 15.4 Å². The van der Waals surface area contributed by atoms with E-state index in [1.165, 1.54) is 25.7 Å². The van der Waals surface area contributed by atoms with Crippen LogP contribution in [0.15, 0.2) is 4.99 Å². The van der Waals surface area contributed by atoms with E-state index < -0.39 is 10.0 Å². The Labute approximate surface area is 169 Å². The molecule has 4 fully saturated rings. The van der Waals surface area contributed by atoms with Gasteiger partial charge in [-0.1, -0.05) is 12.8 Å². The van der Waals surface area contributed by atoms with Crippen LogP contribution in [0.2, 0.25) is 0 Å². The Morgan fingerprint density at radius 2 is 1.86 bits per heavy atom. The van der Waals surface area contributed by atoms with Crippen molar-refractivity contribution < 1.29 is 13.2 Å². The predicted octanol–water partition coefficient (Wildman–Crippen LogP) is 1.70. The molecule has 7 nitrogen and oxygen atoms in total. The van der Waals surface area contributed by atoms with Crippen molar-refractivity contribution in [3.05, 3.63) is 0 Å². The smallest absolute Gasteiger partial charge is 0.213 e. The van der Waals surface area contributed by atoms with E-state index in [1.807, 2.05) is 0 Å². The van der Waals surface area contributed by atoms with Crippen molar-refractivity contribution in [3.8, 4) is 0 Å². The first-order valence-corrected chi connectivity index (χ1v) is 12.8. The highest BCUT2D eigenvalue weighted by molar-refractivity contribution is 7.89. The van der Waals surface area contributed by atoms with Crippen LogP contribution in [0.5, 0.6) is 0 Å². The largest absolute Gasteiger partial charge is 0.377 e. The highest BCUT2D eigenvalue weighted by atomic mass is 32.2. The van der Waals surface area contributed by atoms with Gasteiger partial charge in [-0.3, -0.25) is 4.99 Å². The molecule has 8 heteroatoms. The minimum Gasteiger partial charge on any atom is -0.377 e. The zero-order chi connectivity index (χ0) is 19.8. The van der Waals surface area contributed by atoms with E-state index in [0.29, 0.717) is 36.6 Å². The van der Waals surface area contributed by atoms with E-state index in [-0.39, 0.29) is 11.8 Å². The highest BCUT2D eigenvalue weighted by Crippen LogP contribution is 2.60. The van der Waals surface area contributed by atoms with Gasteiger partial charge in [0, 0.05) is 49.7 Å². The van der Waals surface area contributed by atoms with Gasteiger partial charge in [0.15, 0.2) is 5.96 Å². The maximum Gasteiger partial charge on any atom is 0.213 e. The van der Waals surface area contributed by atoms with Crippen molar-refractivity contribution >= 4 is 16.0 Å². The van der Waals surface area contributed by atoms with Crippen LogP contribution in [-0.4, -0.2) is 68.9 Å². The van der Waals surface area contributed by atoms with Crippen LogP contribution >= 0.6 is 0 Å². The summed E-state index contributed by atoms with van der Waals surface area (Å²) in [6, 6.07) is 0.734. The summed E-state index contributed by atoms with van der Waals surface area (Å²) in [4.78, 5) is 4.71. The molecule has 2 saturated carbocycles. The second kappa shape index (κ2) is 8.11. The number of nitrogens with zero attached hydrogens (tertiary/aromatic N) is 2. The number of aliphatic imine (C=N–C) groups is 1. The van der Waals surface area contributed by atoms with Crippen molar-refractivity contribution in [2.45, 2.75) is 77.0 Å². The fourth-order valence-corrected chi connectivity index (χ4v) is 7.13. The summed E-state index contributed by atoms with van der Waals surface area (Å²) in [6.07, 6.45) is 8.39. The SMILES string of the molecule is CCN=C(NC1CCN(S(=O)(=O)CC)CC1)NC1C2CCOC2C12CCCC2. The standard InChI is InChI=1S/C20H36N4O3S/c1-3-21-19(22-15-7-12-24(13-8-15)28(25,26)4-2)23-17-16-9-14-27-18(16)20(17)10-5-6-11-20/h15-18H,3-14H2,1-2H3,(H2,21,22,23). The number of nitrogens with one attached hydrogen (secondary N) is 2. The first-order chi connectivity index (χ1) is 13.5. The molecule has 0 bridgehead atoms. The van der Waals surface area contributed by atoms with E-state index in [9.17, 15) is 8.42 Å². The van der Waals surface area contributed by atoms with E-state index in [4.69, 9.17) is 9.73 Å². The van der Waals surface area contributed by atoms with Crippen LogP contribution in [-0.2, 0) is 14.8 Å². The van der Waals surface area contributed by atoms with Crippen LogP contribution in [0, 0.1) is 11.3 Å². The Kier molecular flexibility index (Phi) is 5.91. The average molecular weight is 413 g/mol. The third-order valence-electron chi connectivity index (χ3n) is 7.45. The van der Waals surface area contributed by atoms with Crippen molar-refractivity contribution in [1.29, 1.82) is 0 Å². The minimum atomic E-state index is -3.08. The van der Waals surface area contributed by atoms with E-state index >= 15 is 0 Å². The molecular weight excluding hydrogens is 376 g/mol. The highest BCUT2D eigenvalue weighted by Gasteiger charge is 2.65. The van der Waals surface area contributed by atoms with Crippen molar-refractivity contribution in [2.75, 3.05) is 32.0 Å². The van der Waals surface area contributed by atoms with E-state index in [0.717, 1.165) is 38.4 Å². The summed E-state index contributed by atoms with van der Waals surface area (Å²) in [5.41, 5.74) is 0.302. The summed E-state index contributed by atoms with van der Waals surface area (Å²) in [7, 11) is -3.08. The van der Waals surface area contributed by atoms with Gasteiger partial charge in [-0.05, 0) is 46.0 Å². The van der Waals surface area contributed by atoms with Gasteiger partial charge in [-0.2, -0.15) is 0 Å². The van der Waals surface area contributed by atoms with E-state index in [1.54, 1.807) is 11.2 Å². The number of piperidine rings is 1. The lowest BCUT2D eigenvalue weighted by Gasteiger charge is -2.57. The first-order valence-electron chi connectivity index (χ1n) is 11.2. The van der Waals surface area contributed by atoms with Gasteiger partial charge in [0.2, 0.25) is 10.0 Å². The zero-order valence-electron chi connectivity index (χ0n) is 17.3. The Balaban J connectivity index is 1.37. The van der Waals surface area contributed by atoms with E-state index in [2.05, 4.69) is 17.6 Å². The summed E-state index contributed by atoms with van der Waals surface area (Å²) in [5.74, 6) is 1.70. The lowest BCUT2D eigenvalue weighted by Crippen LogP contribution is -2.69. The maximum atomic E-state index is 12.1. The molecule has 0 amide bonds. The van der Waals surface area contributed by atoms with Crippen LogP contribution in [0.4, 0.5) is 0 Å².